The van der Waals surface area contributed by atoms with Crippen LogP contribution in [0.3, 0.4) is 0 Å². The van der Waals surface area contributed by atoms with Crippen LogP contribution in [0.4, 0.5) is 0 Å². The maximum absolute atomic E-state index is 11.6. The molecule has 0 aliphatic carbocycles. The zero-order valence-corrected chi connectivity index (χ0v) is 12.5. The molecule has 102 valence electrons. The lowest BCUT2D eigenvalue weighted by Gasteiger charge is -2.23. The molecular formula is C15H20O3Si. The highest BCUT2D eigenvalue weighted by atomic mass is 28.3. The van der Waals surface area contributed by atoms with Crippen molar-refractivity contribution in [2.75, 3.05) is 6.61 Å². The Morgan fingerprint density at radius 3 is 2.21 bits per heavy atom. The van der Waals surface area contributed by atoms with Gasteiger partial charge in [-0.15, -0.1) is 13.2 Å². The Morgan fingerprint density at radius 1 is 1.21 bits per heavy atom. The van der Waals surface area contributed by atoms with E-state index in [1.807, 2.05) is 23.5 Å². The van der Waals surface area contributed by atoms with Gasteiger partial charge in [-0.1, -0.05) is 35.6 Å². The molecule has 0 amide bonds. The van der Waals surface area contributed by atoms with Gasteiger partial charge in [-0.3, -0.25) is 4.89 Å². The number of carbonyl (C=O) groups is 1. The van der Waals surface area contributed by atoms with Gasteiger partial charge in [-0.2, -0.15) is 4.89 Å². The fourth-order valence-electron chi connectivity index (χ4n) is 1.89. The first-order valence-electron chi connectivity index (χ1n) is 6.35. The van der Waals surface area contributed by atoms with E-state index in [4.69, 9.17) is 0 Å². The van der Waals surface area contributed by atoms with Crippen LogP contribution in [-0.4, -0.2) is 20.7 Å². The maximum atomic E-state index is 11.6. The van der Waals surface area contributed by atoms with Gasteiger partial charge >= 0.3 is 5.97 Å². The van der Waals surface area contributed by atoms with Gasteiger partial charge in [0.1, 0.15) is 8.07 Å². The zero-order chi connectivity index (χ0) is 14.3. The molecule has 0 aliphatic rings. The van der Waals surface area contributed by atoms with Crippen molar-refractivity contribution >= 4 is 19.2 Å². The summed E-state index contributed by atoms with van der Waals surface area (Å²) < 4.78 is 0. The molecule has 0 aromatic heterocycles. The van der Waals surface area contributed by atoms with Gasteiger partial charge in [0.25, 0.3) is 0 Å². The van der Waals surface area contributed by atoms with Gasteiger partial charge < -0.3 is 0 Å². The van der Waals surface area contributed by atoms with Crippen LogP contribution in [0.5, 0.6) is 0 Å². The van der Waals surface area contributed by atoms with E-state index in [-0.39, 0.29) is 0 Å². The Balaban J connectivity index is 2.95. The summed E-state index contributed by atoms with van der Waals surface area (Å²) in [4.78, 5) is 20.8. The Morgan fingerprint density at radius 2 is 1.79 bits per heavy atom. The van der Waals surface area contributed by atoms with Crippen molar-refractivity contribution in [1.29, 1.82) is 0 Å². The van der Waals surface area contributed by atoms with Crippen LogP contribution in [0.15, 0.2) is 48.8 Å². The van der Waals surface area contributed by atoms with Crippen LogP contribution >= 0.6 is 0 Å². The van der Waals surface area contributed by atoms with Crippen molar-refractivity contribution in [2.24, 2.45) is 0 Å². The average Bonchev–Trinajstić information content (AvgIpc) is 2.48. The maximum Gasteiger partial charge on any atom is 0.373 e. The first-order valence-corrected chi connectivity index (χ1v) is 8.71. The molecule has 0 unspecified atom stereocenters. The van der Waals surface area contributed by atoms with Crippen molar-refractivity contribution < 1.29 is 14.6 Å². The number of carbonyl (C=O) groups excluding carboxylic acids is 1. The second-order valence-electron chi connectivity index (χ2n) is 4.16. The third kappa shape index (κ3) is 3.42. The van der Waals surface area contributed by atoms with Gasteiger partial charge in [-0.25, -0.2) is 4.79 Å². The van der Waals surface area contributed by atoms with Crippen LogP contribution in [0, 0.1) is 0 Å². The Hall–Kier alpha value is -1.65. The fraction of sp³-hybridized carbons (Fsp3) is 0.267. The Kier molecular flexibility index (Phi) is 5.73. The molecule has 3 nitrogen and oxygen atoms in total. The Labute approximate surface area is 115 Å². The van der Waals surface area contributed by atoms with E-state index in [9.17, 15) is 4.79 Å². The average molecular weight is 276 g/mol. The predicted molar refractivity (Wildman–Crippen MR) is 79.7 cm³/mol. The summed E-state index contributed by atoms with van der Waals surface area (Å²) in [5.41, 5.74) is 4.49. The summed E-state index contributed by atoms with van der Waals surface area (Å²) in [5.74, 6) is -0.477. The highest BCUT2D eigenvalue weighted by Crippen LogP contribution is 2.13. The minimum atomic E-state index is -1.83. The van der Waals surface area contributed by atoms with Gasteiger partial charge in [0.15, 0.2) is 0 Å². The zero-order valence-electron chi connectivity index (χ0n) is 11.5. The molecule has 0 bridgehead atoms. The first-order chi connectivity index (χ1) is 9.13. The molecule has 0 radical (unpaired) electrons. The number of rotatable bonds is 7. The number of hydrogen-bond donors (Lipinski definition) is 0. The lowest BCUT2D eigenvalue weighted by Crippen LogP contribution is -2.43. The molecule has 0 saturated carbocycles. The van der Waals surface area contributed by atoms with E-state index >= 15 is 0 Å². The van der Waals surface area contributed by atoms with Crippen LogP contribution in [0.25, 0.3) is 0 Å². The summed E-state index contributed by atoms with van der Waals surface area (Å²) in [6.45, 7) is 12.1. The molecule has 0 atom stereocenters. The minimum absolute atomic E-state index is 0.336. The van der Waals surface area contributed by atoms with E-state index < -0.39 is 14.0 Å². The smallest absolute Gasteiger partial charge is 0.293 e. The van der Waals surface area contributed by atoms with Crippen LogP contribution < -0.4 is 5.19 Å². The van der Waals surface area contributed by atoms with E-state index in [0.29, 0.717) is 12.2 Å². The molecule has 1 aromatic rings. The van der Waals surface area contributed by atoms with Crippen LogP contribution in [0.2, 0.25) is 6.04 Å². The SMILES string of the molecule is C=C[Si](C=C)(CC)c1ccc(C(=O)OOCC)cc1. The van der Waals surface area contributed by atoms with Crippen molar-refractivity contribution in [3.8, 4) is 0 Å². The van der Waals surface area contributed by atoms with Crippen molar-refractivity contribution in [3.63, 3.8) is 0 Å². The summed E-state index contributed by atoms with van der Waals surface area (Å²) >= 11 is 0. The molecule has 0 aliphatic heterocycles. The van der Waals surface area contributed by atoms with E-state index in [2.05, 4.69) is 29.9 Å². The first kappa shape index (κ1) is 15.4. The number of hydrogen-bond acceptors (Lipinski definition) is 3. The fourth-order valence-corrected chi connectivity index (χ4v) is 4.30. The summed E-state index contributed by atoms with van der Waals surface area (Å²) in [6.07, 6.45) is 0. The van der Waals surface area contributed by atoms with Gasteiger partial charge in [0.05, 0.1) is 12.2 Å². The highest BCUT2D eigenvalue weighted by Gasteiger charge is 2.26. The monoisotopic (exact) mass is 276 g/mol. The molecule has 0 spiro atoms. The molecule has 0 fully saturated rings. The summed E-state index contributed by atoms with van der Waals surface area (Å²) in [6, 6.07) is 8.40. The topological polar surface area (TPSA) is 35.5 Å². The Bertz CT molecular complexity index is 443. The van der Waals surface area contributed by atoms with Crippen molar-refractivity contribution in [2.45, 2.75) is 19.9 Å². The van der Waals surface area contributed by atoms with Gasteiger partial charge in [0.2, 0.25) is 0 Å². The highest BCUT2D eigenvalue weighted by molar-refractivity contribution is 6.99. The van der Waals surface area contributed by atoms with Gasteiger partial charge in [0, 0.05) is 0 Å². The molecule has 4 heteroatoms. The van der Waals surface area contributed by atoms with Crippen molar-refractivity contribution in [1.82, 2.24) is 0 Å². The second-order valence-corrected chi connectivity index (χ2v) is 8.34. The lowest BCUT2D eigenvalue weighted by atomic mass is 10.2. The lowest BCUT2D eigenvalue weighted by molar-refractivity contribution is -0.236. The molecule has 1 aromatic carbocycles. The molecule has 1 rings (SSSR count). The summed E-state index contributed by atoms with van der Waals surface area (Å²) in [7, 11) is -1.83. The standard InChI is InChI=1S/C15H20O3Si/c1-5-17-18-15(16)13-9-11-14(12-10-13)19(6-2,7-3)8-4/h6-7,9-12H,2-3,5,8H2,1,4H3. The van der Waals surface area contributed by atoms with Crippen molar-refractivity contribution in [3.05, 3.63) is 54.4 Å². The largest absolute Gasteiger partial charge is 0.373 e. The quantitative estimate of drug-likeness (QED) is 0.436. The molecule has 19 heavy (non-hydrogen) atoms. The van der Waals surface area contributed by atoms with E-state index in [1.165, 1.54) is 5.19 Å². The second kappa shape index (κ2) is 7.06. The molecule has 0 heterocycles. The van der Waals surface area contributed by atoms with Gasteiger partial charge in [-0.05, 0) is 25.1 Å². The normalized spacial score (nSPS) is 10.8. The molecule has 0 saturated heterocycles. The van der Waals surface area contributed by atoms with Crippen LogP contribution in [0.1, 0.15) is 24.2 Å². The van der Waals surface area contributed by atoms with E-state index in [0.717, 1.165) is 6.04 Å². The number of benzene rings is 1. The third-order valence-corrected chi connectivity index (χ3v) is 7.26. The minimum Gasteiger partial charge on any atom is -0.293 e. The van der Waals surface area contributed by atoms with Crippen LogP contribution in [-0.2, 0) is 9.78 Å². The third-order valence-electron chi connectivity index (χ3n) is 3.22. The van der Waals surface area contributed by atoms with E-state index in [1.54, 1.807) is 19.1 Å². The predicted octanol–water partition coefficient (Wildman–Crippen LogP) is 2.92. The molecule has 0 N–H and O–H groups in total. The summed E-state index contributed by atoms with van der Waals surface area (Å²) in [5, 5.41) is 1.19. The molecular weight excluding hydrogens is 256 g/mol.